The minimum atomic E-state index is -0.0848. The standard InChI is InChI=1S/C20H27N3O2/c1-13-8-17(14(2)24)22(11-13)12-15-10-21-18-9-16(20(3,4)5)6-7-23(18)19(15)25/h6-7,9-10,13,17H,8,11-12H2,1-5H3/t13-,17-/m0/s1. The van der Waals surface area contributed by atoms with Crippen molar-refractivity contribution in [1.29, 1.82) is 0 Å². The number of hydrogen-bond acceptors (Lipinski definition) is 4. The maximum atomic E-state index is 12.8. The van der Waals surface area contributed by atoms with Crippen molar-refractivity contribution in [2.75, 3.05) is 6.54 Å². The van der Waals surface area contributed by atoms with E-state index in [-0.39, 0.29) is 22.8 Å². The van der Waals surface area contributed by atoms with Crippen LogP contribution in [0.4, 0.5) is 0 Å². The Labute approximate surface area is 148 Å². The number of nitrogens with zero attached hydrogens (tertiary/aromatic N) is 3. The Bertz CT molecular complexity index is 863. The number of ketones is 1. The molecule has 5 heteroatoms. The summed E-state index contributed by atoms with van der Waals surface area (Å²) < 4.78 is 1.60. The van der Waals surface area contributed by atoms with E-state index in [2.05, 4.69) is 37.6 Å². The van der Waals surface area contributed by atoms with Crippen LogP contribution in [-0.4, -0.2) is 32.7 Å². The quantitative estimate of drug-likeness (QED) is 0.861. The van der Waals surface area contributed by atoms with E-state index in [0.29, 0.717) is 23.7 Å². The molecule has 2 aromatic rings. The normalized spacial score (nSPS) is 21.8. The Balaban J connectivity index is 1.94. The van der Waals surface area contributed by atoms with Crippen molar-refractivity contribution < 1.29 is 4.79 Å². The lowest BCUT2D eigenvalue weighted by atomic mass is 9.88. The molecule has 0 amide bonds. The molecule has 3 rings (SSSR count). The molecule has 0 aromatic carbocycles. The molecular weight excluding hydrogens is 314 g/mol. The average Bonchev–Trinajstić information content (AvgIpc) is 2.90. The first-order valence-corrected chi connectivity index (χ1v) is 8.92. The fourth-order valence-electron chi connectivity index (χ4n) is 3.64. The molecule has 0 bridgehead atoms. The summed E-state index contributed by atoms with van der Waals surface area (Å²) in [7, 11) is 0. The van der Waals surface area contributed by atoms with Crippen molar-refractivity contribution >= 4 is 11.4 Å². The summed E-state index contributed by atoms with van der Waals surface area (Å²) in [5, 5.41) is 0. The molecule has 1 aliphatic heterocycles. The summed E-state index contributed by atoms with van der Waals surface area (Å²) in [6.07, 6.45) is 4.35. The van der Waals surface area contributed by atoms with Gasteiger partial charge in [0, 0.05) is 25.5 Å². The third-order valence-electron chi connectivity index (χ3n) is 5.10. The first-order chi connectivity index (χ1) is 11.7. The predicted molar refractivity (Wildman–Crippen MR) is 98.8 cm³/mol. The maximum Gasteiger partial charge on any atom is 0.262 e. The van der Waals surface area contributed by atoms with Gasteiger partial charge in [0.05, 0.1) is 11.6 Å². The smallest absolute Gasteiger partial charge is 0.262 e. The molecule has 0 saturated carbocycles. The minimum absolute atomic E-state index is 0.0124. The van der Waals surface area contributed by atoms with Gasteiger partial charge in [0.1, 0.15) is 11.4 Å². The van der Waals surface area contributed by atoms with Gasteiger partial charge in [-0.05, 0) is 42.4 Å². The van der Waals surface area contributed by atoms with E-state index in [9.17, 15) is 9.59 Å². The van der Waals surface area contributed by atoms with Crippen molar-refractivity contribution in [3.8, 4) is 0 Å². The monoisotopic (exact) mass is 341 g/mol. The number of pyridine rings is 1. The van der Waals surface area contributed by atoms with Gasteiger partial charge < -0.3 is 0 Å². The van der Waals surface area contributed by atoms with E-state index < -0.39 is 0 Å². The van der Waals surface area contributed by atoms with Crippen LogP contribution in [-0.2, 0) is 16.8 Å². The molecule has 134 valence electrons. The fourth-order valence-corrected chi connectivity index (χ4v) is 3.64. The van der Waals surface area contributed by atoms with Gasteiger partial charge in [0.25, 0.3) is 5.56 Å². The second kappa shape index (κ2) is 6.37. The van der Waals surface area contributed by atoms with Crippen molar-refractivity contribution in [2.24, 2.45) is 5.92 Å². The third kappa shape index (κ3) is 3.52. The minimum Gasteiger partial charge on any atom is -0.298 e. The lowest BCUT2D eigenvalue weighted by Crippen LogP contribution is -2.36. The molecule has 3 heterocycles. The van der Waals surface area contributed by atoms with Gasteiger partial charge in [-0.25, -0.2) is 4.98 Å². The first kappa shape index (κ1) is 17.8. The summed E-state index contributed by atoms with van der Waals surface area (Å²) in [6, 6.07) is 3.87. The number of hydrogen-bond donors (Lipinski definition) is 0. The zero-order chi connectivity index (χ0) is 18.4. The highest BCUT2D eigenvalue weighted by atomic mass is 16.1. The Morgan fingerprint density at radius 2 is 2.08 bits per heavy atom. The zero-order valence-corrected chi connectivity index (χ0v) is 15.7. The largest absolute Gasteiger partial charge is 0.298 e. The summed E-state index contributed by atoms with van der Waals surface area (Å²) >= 11 is 0. The lowest BCUT2D eigenvalue weighted by molar-refractivity contribution is -0.121. The molecule has 1 aliphatic rings. The molecule has 0 unspecified atom stereocenters. The zero-order valence-electron chi connectivity index (χ0n) is 15.7. The van der Waals surface area contributed by atoms with E-state index in [4.69, 9.17) is 0 Å². The molecule has 0 aliphatic carbocycles. The summed E-state index contributed by atoms with van der Waals surface area (Å²) in [5.74, 6) is 0.646. The number of Topliss-reactive ketones (excluding diaryl/α,β-unsaturated/α-hetero) is 1. The molecule has 0 spiro atoms. The van der Waals surface area contributed by atoms with E-state index in [1.54, 1.807) is 17.5 Å². The Morgan fingerprint density at radius 1 is 1.36 bits per heavy atom. The van der Waals surface area contributed by atoms with Gasteiger partial charge in [-0.15, -0.1) is 0 Å². The molecule has 25 heavy (non-hydrogen) atoms. The number of carbonyl (C=O) groups is 1. The van der Waals surface area contributed by atoms with Gasteiger partial charge in [0.2, 0.25) is 0 Å². The van der Waals surface area contributed by atoms with Crippen molar-refractivity contribution in [1.82, 2.24) is 14.3 Å². The molecule has 1 fully saturated rings. The van der Waals surface area contributed by atoms with Gasteiger partial charge in [-0.1, -0.05) is 27.7 Å². The Morgan fingerprint density at radius 3 is 2.72 bits per heavy atom. The van der Waals surface area contributed by atoms with Gasteiger partial charge in [0.15, 0.2) is 0 Å². The van der Waals surface area contributed by atoms with Crippen LogP contribution in [0.25, 0.3) is 5.65 Å². The summed E-state index contributed by atoms with van der Waals surface area (Å²) in [4.78, 5) is 31.3. The van der Waals surface area contributed by atoms with E-state index in [1.807, 2.05) is 18.3 Å². The van der Waals surface area contributed by atoms with E-state index in [1.165, 1.54) is 0 Å². The predicted octanol–water partition coefficient (Wildman–Crippen LogP) is 2.79. The third-order valence-corrected chi connectivity index (χ3v) is 5.10. The molecular formula is C20H27N3O2. The highest BCUT2D eigenvalue weighted by Gasteiger charge is 2.33. The van der Waals surface area contributed by atoms with Crippen LogP contribution in [0.3, 0.4) is 0 Å². The molecule has 1 saturated heterocycles. The molecule has 0 N–H and O–H groups in total. The van der Waals surface area contributed by atoms with Crippen molar-refractivity contribution in [2.45, 2.75) is 59.0 Å². The summed E-state index contributed by atoms with van der Waals surface area (Å²) in [6.45, 7) is 11.5. The van der Waals surface area contributed by atoms with Crippen LogP contribution >= 0.6 is 0 Å². The second-order valence-corrected chi connectivity index (χ2v) is 8.38. The number of rotatable bonds is 3. The van der Waals surface area contributed by atoms with E-state index >= 15 is 0 Å². The maximum absolute atomic E-state index is 12.8. The van der Waals surface area contributed by atoms with Gasteiger partial charge >= 0.3 is 0 Å². The van der Waals surface area contributed by atoms with Crippen molar-refractivity contribution in [3.05, 3.63) is 46.0 Å². The number of fused-ring (bicyclic) bond motifs is 1. The highest BCUT2D eigenvalue weighted by Crippen LogP contribution is 2.25. The van der Waals surface area contributed by atoms with Crippen LogP contribution in [0.2, 0.25) is 0 Å². The van der Waals surface area contributed by atoms with Crippen LogP contribution in [0.5, 0.6) is 0 Å². The fraction of sp³-hybridized carbons (Fsp3) is 0.550. The van der Waals surface area contributed by atoms with Crippen molar-refractivity contribution in [3.63, 3.8) is 0 Å². The summed E-state index contributed by atoms with van der Waals surface area (Å²) in [5.41, 5.74) is 2.42. The molecule has 2 aromatic heterocycles. The van der Waals surface area contributed by atoms with Crippen LogP contribution < -0.4 is 5.56 Å². The van der Waals surface area contributed by atoms with Crippen LogP contribution in [0, 0.1) is 5.92 Å². The van der Waals surface area contributed by atoms with Crippen LogP contribution in [0.1, 0.15) is 52.2 Å². The second-order valence-electron chi connectivity index (χ2n) is 8.38. The van der Waals surface area contributed by atoms with E-state index in [0.717, 1.165) is 18.5 Å². The number of likely N-dealkylation sites (tertiary alicyclic amines) is 1. The average molecular weight is 341 g/mol. The Kier molecular flexibility index (Phi) is 4.54. The molecule has 5 nitrogen and oxygen atoms in total. The molecule has 0 radical (unpaired) electrons. The van der Waals surface area contributed by atoms with Crippen LogP contribution in [0.15, 0.2) is 29.3 Å². The highest BCUT2D eigenvalue weighted by molar-refractivity contribution is 5.81. The topological polar surface area (TPSA) is 54.7 Å². The lowest BCUT2D eigenvalue weighted by Gasteiger charge is -2.22. The van der Waals surface area contributed by atoms with Gasteiger partial charge in [-0.2, -0.15) is 0 Å². The molecule has 2 atom stereocenters. The first-order valence-electron chi connectivity index (χ1n) is 8.92. The number of carbonyl (C=O) groups excluding carboxylic acids is 1. The Hall–Kier alpha value is -2.01. The van der Waals surface area contributed by atoms with Gasteiger partial charge in [-0.3, -0.25) is 18.9 Å². The number of aromatic nitrogens is 2. The SMILES string of the molecule is CC(=O)[C@@H]1C[C@H](C)CN1Cc1cnc2cc(C(C)(C)C)ccn2c1=O.